The van der Waals surface area contributed by atoms with Crippen LogP contribution >= 0.6 is 87.9 Å². The second kappa shape index (κ2) is 6.48. The molecule has 2 unspecified atom stereocenters. The first-order chi connectivity index (χ1) is 11.3. The molecular formula is C14H12Br4ClN5S. The van der Waals surface area contributed by atoms with Crippen molar-refractivity contribution in [3.05, 3.63) is 29.0 Å². The molecule has 5 nitrogen and oxygen atoms in total. The van der Waals surface area contributed by atoms with E-state index in [1.54, 1.807) is 11.8 Å². The molecular weight excluding hydrogens is 625 g/mol. The molecule has 1 saturated heterocycles. The molecule has 3 aliphatic heterocycles. The summed E-state index contributed by atoms with van der Waals surface area (Å²) in [6.07, 6.45) is 0. The summed E-state index contributed by atoms with van der Waals surface area (Å²) in [5.74, 6) is 0.758. The van der Waals surface area contributed by atoms with Crippen LogP contribution in [-0.4, -0.2) is 45.1 Å². The second-order valence-corrected chi connectivity index (χ2v) is 10.1. The molecule has 1 aromatic carbocycles. The molecule has 3 aliphatic rings. The summed E-state index contributed by atoms with van der Waals surface area (Å²) in [5.41, 5.74) is 1.91. The van der Waals surface area contributed by atoms with E-state index in [9.17, 15) is 0 Å². The Balaban J connectivity index is 0.00000182. The van der Waals surface area contributed by atoms with Gasteiger partial charge in [0, 0.05) is 42.6 Å². The quantitative estimate of drug-likeness (QED) is 0.240. The van der Waals surface area contributed by atoms with Gasteiger partial charge < -0.3 is 9.80 Å². The van der Waals surface area contributed by atoms with Crippen molar-refractivity contribution in [3.8, 4) is 0 Å². The first-order valence-corrected chi connectivity index (χ1v) is 11.1. The van der Waals surface area contributed by atoms with Crippen molar-refractivity contribution in [1.82, 2.24) is 9.80 Å². The molecule has 11 heteroatoms. The third-order valence-corrected chi connectivity index (χ3v) is 10.9. The number of fused-ring (bicyclic) bond motifs is 5. The average Bonchev–Trinajstić information content (AvgIpc) is 2.93. The smallest absolute Gasteiger partial charge is 0.180 e. The molecule has 0 saturated carbocycles. The Hall–Kier alpha value is 0.390. The molecule has 134 valence electrons. The van der Waals surface area contributed by atoms with Crippen molar-refractivity contribution < 1.29 is 0 Å². The molecule has 1 aromatic rings. The Morgan fingerprint density at radius 3 is 2.36 bits per heavy atom. The van der Waals surface area contributed by atoms with Gasteiger partial charge in [-0.15, -0.1) is 12.4 Å². The fraction of sp³-hybridized carbons (Fsp3) is 0.357. The summed E-state index contributed by atoms with van der Waals surface area (Å²) in [7, 11) is 1.98. The van der Waals surface area contributed by atoms with Gasteiger partial charge >= 0.3 is 0 Å². The summed E-state index contributed by atoms with van der Waals surface area (Å²) >= 11 is 16.0. The van der Waals surface area contributed by atoms with Gasteiger partial charge in [0.05, 0.1) is 0 Å². The highest BCUT2D eigenvalue weighted by Crippen LogP contribution is 2.70. The molecule has 0 aromatic heterocycles. The van der Waals surface area contributed by atoms with Gasteiger partial charge in [-0.1, -0.05) is 0 Å². The van der Waals surface area contributed by atoms with Gasteiger partial charge in [0.25, 0.3) is 0 Å². The summed E-state index contributed by atoms with van der Waals surface area (Å²) in [6.45, 7) is 2.90. The Kier molecular flexibility index (Phi) is 5.22. The first-order valence-electron chi connectivity index (χ1n) is 7.09. The number of nitrogens with one attached hydrogen (secondary N) is 2. The van der Waals surface area contributed by atoms with Crippen LogP contribution in [0.15, 0.2) is 22.9 Å². The van der Waals surface area contributed by atoms with Gasteiger partial charge in [-0.25, -0.2) is 4.99 Å². The molecule has 0 radical (unpaired) electrons. The van der Waals surface area contributed by atoms with Crippen LogP contribution in [0.3, 0.4) is 0 Å². The SMILES string of the molecule is CCN(C)C1=NC(=N)C2(S1)C1c3c(Br)c(Br)c(Br)c(Br)c3C(=N)N12.Cl. The molecule has 0 aliphatic carbocycles. The number of halogens is 5. The van der Waals surface area contributed by atoms with Gasteiger partial charge in [0.2, 0.25) is 0 Å². The number of benzene rings is 1. The highest BCUT2D eigenvalue weighted by Gasteiger charge is 2.75. The van der Waals surface area contributed by atoms with Crippen LogP contribution in [0.1, 0.15) is 24.1 Å². The van der Waals surface area contributed by atoms with E-state index >= 15 is 0 Å². The number of thioether (sulfide) groups is 1. The summed E-state index contributed by atoms with van der Waals surface area (Å²) in [6, 6.07) is -0.0425. The zero-order valence-corrected chi connectivity index (χ0v) is 20.9. The van der Waals surface area contributed by atoms with Gasteiger partial charge in [-0.3, -0.25) is 10.8 Å². The van der Waals surface area contributed by atoms with E-state index in [-0.39, 0.29) is 18.4 Å². The summed E-state index contributed by atoms with van der Waals surface area (Å²) in [4.78, 5) is 7.91. The van der Waals surface area contributed by atoms with Gasteiger partial charge in [-0.05, 0) is 82.4 Å². The molecule has 25 heavy (non-hydrogen) atoms. The number of nitrogens with zero attached hydrogens (tertiary/aromatic N) is 3. The minimum atomic E-state index is -0.571. The van der Waals surface area contributed by atoms with Crippen LogP contribution in [0.5, 0.6) is 0 Å². The topological polar surface area (TPSA) is 66.3 Å². The lowest BCUT2D eigenvalue weighted by Gasteiger charge is -2.19. The van der Waals surface area contributed by atoms with E-state index in [0.717, 1.165) is 40.7 Å². The predicted octanol–water partition coefficient (Wildman–Crippen LogP) is 5.58. The largest absolute Gasteiger partial charge is 0.354 e. The molecule has 0 bridgehead atoms. The van der Waals surface area contributed by atoms with E-state index in [0.29, 0.717) is 11.7 Å². The number of amidine groups is 3. The maximum atomic E-state index is 8.65. The van der Waals surface area contributed by atoms with Crippen LogP contribution in [0.25, 0.3) is 0 Å². The van der Waals surface area contributed by atoms with E-state index in [4.69, 9.17) is 10.8 Å². The lowest BCUT2D eigenvalue weighted by Crippen LogP contribution is -2.28. The van der Waals surface area contributed by atoms with Crippen LogP contribution in [0.2, 0.25) is 0 Å². The van der Waals surface area contributed by atoms with Crippen molar-refractivity contribution in [3.63, 3.8) is 0 Å². The molecule has 2 atom stereocenters. The van der Waals surface area contributed by atoms with E-state index in [1.807, 2.05) is 16.8 Å². The van der Waals surface area contributed by atoms with Crippen molar-refractivity contribution in [2.75, 3.05) is 13.6 Å². The highest BCUT2D eigenvalue weighted by atomic mass is 79.9. The predicted molar refractivity (Wildman–Crippen MR) is 120 cm³/mol. The van der Waals surface area contributed by atoms with Crippen molar-refractivity contribution in [1.29, 1.82) is 10.8 Å². The second-order valence-electron chi connectivity index (χ2n) is 5.72. The van der Waals surface area contributed by atoms with Gasteiger partial charge in [0.15, 0.2) is 15.9 Å². The number of rotatable bonds is 1. The third-order valence-electron chi connectivity index (χ3n) is 4.57. The molecule has 0 amide bonds. The van der Waals surface area contributed by atoms with E-state index in [2.05, 4.69) is 75.6 Å². The molecule has 4 rings (SSSR count). The minimum absolute atomic E-state index is 0. The third kappa shape index (κ3) is 2.40. The normalized spacial score (nSPS) is 25.8. The molecule has 3 heterocycles. The maximum Gasteiger partial charge on any atom is 0.180 e. The fourth-order valence-electron chi connectivity index (χ4n) is 3.18. The zero-order valence-electron chi connectivity index (χ0n) is 13.0. The Morgan fingerprint density at radius 2 is 1.76 bits per heavy atom. The average molecular weight is 637 g/mol. The Labute approximate surface area is 189 Å². The molecule has 1 fully saturated rings. The lowest BCUT2D eigenvalue weighted by molar-refractivity contribution is 0.547. The van der Waals surface area contributed by atoms with E-state index < -0.39 is 4.87 Å². The summed E-state index contributed by atoms with van der Waals surface area (Å²) < 4.78 is 3.58. The van der Waals surface area contributed by atoms with Crippen molar-refractivity contribution >= 4 is 105 Å². The minimum Gasteiger partial charge on any atom is -0.354 e. The highest BCUT2D eigenvalue weighted by molar-refractivity contribution is 9.15. The number of hydrogen-bond donors (Lipinski definition) is 2. The Bertz CT molecular complexity index is 876. The van der Waals surface area contributed by atoms with Crippen LogP contribution in [0.4, 0.5) is 0 Å². The maximum absolute atomic E-state index is 8.65. The van der Waals surface area contributed by atoms with Crippen LogP contribution in [0, 0.1) is 10.8 Å². The zero-order chi connectivity index (χ0) is 17.5. The first kappa shape index (κ1) is 20.1. The molecule has 1 spiro atoms. The number of hydrogen-bond acceptors (Lipinski definition) is 4. The summed E-state index contributed by atoms with van der Waals surface area (Å²) in [5, 5.41) is 17.9. The van der Waals surface area contributed by atoms with Crippen LogP contribution < -0.4 is 0 Å². The monoisotopic (exact) mass is 633 g/mol. The van der Waals surface area contributed by atoms with Gasteiger partial charge in [0.1, 0.15) is 11.9 Å². The van der Waals surface area contributed by atoms with E-state index in [1.165, 1.54) is 0 Å². The fourth-order valence-corrected chi connectivity index (χ4v) is 7.16. The van der Waals surface area contributed by atoms with Crippen molar-refractivity contribution in [2.45, 2.75) is 17.8 Å². The molecule has 2 N–H and O–H groups in total. The standard InChI is InChI=1S/C14H11Br4N5S.ClH/c1-3-22(2)13-21-12(20)14(24-13)10-4-5(11(19)23(10)14)7(16)9(18)8(17)6(4)15;/h10,19-20H,3H2,1-2H3;1H. The van der Waals surface area contributed by atoms with Crippen LogP contribution in [-0.2, 0) is 0 Å². The Morgan fingerprint density at radius 1 is 1.16 bits per heavy atom. The van der Waals surface area contributed by atoms with Crippen molar-refractivity contribution in [2.24, 2.45) is 4.99 Å². The van der Waals surface area contributed by atoms with Gasteiger partial charge in [-0.2, -0.15) is 0 Å². The lowest BCUT2D eigenvalue weighted by atomic mass is 10.0. The number of aliphatic imine (C=N–C) groups is 1.